The van der Waals surface area contributed by atoms with Crippen molar-refractivity contribution in [2.75, 3.05) is 23.7 Å². The van der Waals surface area contributed by atoms with Gasteiger partial charge in [-0.3, -0.25) is 9.59 Å². The molecule has 1 aromatic rings. The number of likely N-dealkylation sites (tertiary alicyclic amines) is 1. The summed E-state index contributed by atoms with van der Waals surface area (Å²) in [5.41, 5.74) is 1.87. The number of hydrogen-bond acceptors (Lipinski definition) is 3. The van der Waals surface area contributed by atoms with Gasteiger partial charge < -0.3 is 15.5 Å². The standard InChI is InChI=1S/C19H27N3O2/c1-14(23)22-12-4-7-18(22)19(24)21-17-10-8-16(9-11-17)20-13-15-5-2-3-6-15/h8-11,15,18,20H,2-7,12-13H2,1H3,(H,21,24)/t18-/m0/s1. The van der Waals surface area contributed by atoms with Crippen molar-refractivity contribution in [1.29, 1.82) is 0 Å². The molecule has 1 aliphatic carbocycles. The van der Waals surface area contributed by atoms with E-state index in [9.17, 15) is 9.59 Å². The lowest BCUT2D eigenvalue weighted by Gasteiger charge is -2.22. The minimum Gasteiger partial charge on any atom is -0.385 e. The van der Waals surface area contributed by atoms with Crippen molar-refractivity contribution >= 4 is 23.2 Å². The Bertz CT molecular complexity index is 579. The van der Waals surface area contributed by atoms with Crippen LogP contribution in [0.25, 0.3) is 0 Å². The van der Waals surface area contributed by atoms with Gasteiger partial charge in [-0.05, 0) is 55.9 Å². The quantitative estimate of drug-likeness (QED) is 0.872. The lowest BCUT2D eigenvalue weighted by atomic mass is 10.1. The van der Waals surface area contributed by atoms with Gasteiger partial charge in [0.2, 0.25) is 11.8 Å². The van der Waals surface area contributed by atoms with E-state index in [2.05, 4.69) is 10.6 Å². The normalized spacial score (nSPS) is 21.0. The van der Waals surface area contributed by atoms with Gasteiger partial charge >= 0.3 is 0 Å². The second-order valence-electron chi connectivity index (χ2n) is 6.97. The first kappa shape index (κ1) is 16.8. The number of carbonyl (C=O) groups excluding carboxylic acids is 2. The Labute approximate surface area is 143 Å². The summed E-state index contributed by atoms with van der Waals surface area (Å²) in [6, 6.07) is 7.51. The topological polar surface area (TPSA) is 61.4 Å². The first-order chi connectivity index (χ1) is 11.6. The van der Waals surface area contributed by atoms with Gasteiger partial charge in [-0.2, -0.15) is 0 Å². The summed E-state index contributed by atoms with van der Waals surface area (Å²) in [6.07, 6.45) is 7.00. The van der Waals surface area contributed by atoms with Crippen LogP contribution < -0.4 is 10.6 Å². The van der Waals surface area contributed by atoms with Gasteiger partial charge in [-0.15, -0.1) is 0 Å². The number of amides is 2. The number of benzene rings is 1. The number of nitrogens with zero attached hydrogens (tertiary/aromatic N) is 1. The third-order valence-corrected chi connectivity index (χ3v) is 5.18. The second kappa shape index (κ2) is 7.69. The molecule has 1 saturated heterocycles. The predicted octanol–water partition coefficient (Wildman–Crippen LogP) is 3.24. The Hall–Kier alpha value is -2.04. The average Bonchev–Trinajstić information content (AvgIpc) is 3.25. The molecule has 0 spiro atoms. The SMILES string of the molecule is CC(=O)N1CCC[C@H]1C(=O)Nc1ccc(NCC2CCCC2)cc1. The molecule has 1 aliphatic heterocycles. The van der Waals surface area contributed by atoms with E-state index in [0.717, 1.165) is 36.7 Å². The van der Waals surface area contributed by atoms with E-state index in [1.165, 1.54) is 32.6 Å². The molecular formula is C19H27N3O2. The van der Waals surface area contributed by atoms with Gasteiger partial charge in [0.1, 0.15) is 6.04 Å². The van der Waals surface area contributed by atoms with Crippen LogP contribution in [0, 0.1) is 5.92 Å². The van der Waals surface area contributed by atoms with E-state index >= 15 is 0 Å². The second-order valence-corrected chi connectivity index (χ2v) is 6.97. The zero-order valence-corrected chi connectivity index (χ0v) is 14.4. The van der Waals surface area contributed by atoms with Crippen LogP contribution in [0.2, 0.25) is 0 Å². The molecule has 5 nitrogen and oxygen atoms in total. The van der Waals surface area contributed by atoms with Crippen LogP contribution in [-0.2, 0) is 9.59 Å². The van der Waals surface area contributed by atoms with Crippen LogP contribution in [-0.4, -0.2) is 35.8 Å². The van der Waals surface area contributed by atoms with Crippen LogP contribution in [0.4, 0.5) is 11.4 Å². The van der Waals surface area contributed by atoms with Gasteiger partial charge in [0, 0.05) is 31.4 Å². The fourth-order valence-corrected chi connectivity index (χ4v) is 3.79. The highest BCUT2D eigenvalue weighted by Crippen LogP contribution is 2.25. The first-order valence-corrected chi connectivity index (χ1v) is 9.05. The van der Waals surface area contributed by atoms with E-state index < -0.39 is 0 Å². The summed E-state index contributed by atoms with van der Waals surface area (Å²) in [5.74, 6) is 0.679. The smallest absolute Gasteiger partial charge is 0.247 e. The van der Waals surface area contributed by atoms with Crippen molar-refractivity contribution in [1.82, 2.24) is 4.90 Å². The summed E-state index contributed by atoms with van der Waals surface area (Å²) >= 11 is 0. The van der Waals surface area contributed by atoms with Crippen molar-refractivity contribution in [2.45, 2.75) is 51.5 Å². The highest BCUT2D eigenvalue weighted by Gasteiger charge is 2.32. The van der Waals surface area contributed by atoms with E-state index in [0.29, 0.717) is 6.54 Å². The highest BCUT2D eigenvalue weighted by molar-refractivity contribution is 5.97. The minimum atomic E-state index is -0.331. The lowest BCUT2D eigenvalue weighted by Crippen LogP contribution is -2.42. The van der Waals surface area contributed by atoms with E-state index in [1.807, 2.05) is 24.3 Å². The predicted molar refractivity (Wildman–Crippen MR) is 95.9 cm³/mol. The van der Waals surface area contributed by atoms with Gasteiger partial charge in [0.05, 0.1) is 0 Å². The molecule has 2 amide bonds. The Balaban J connectivity index is 1.51. The molecule has 130 valence electrons. The summed E-state index contributed by atoms with van der Waals surface area (Å²) in [7, 11) is 0. The first-order valence-electron chi connectivity index (χ1n) is 9.05. The van der Waals surface area contributed by atoms with Gasteiger partial charge in [-0.25, -0.2) is 0 Å². The number of rotatable bonds is 5. The van der Waals surface area contributed by atoms with Crippen LogP contribution >= 0.6 is 0 Å². The molecule has 2 aliphatic rings. The van der Waals surface area contributed by atoms with Crippen LogP contribution in [0.1, 0.15) is 45.4 Å². The Morgan fingerprint density at radius 2 is 1.71 bits per heavy atom. The Kier molecular flexibility index (Phi) is 5.38. The van der Waals surface area contributed by atoms with E-state index in [4.69, 9.17) is 0 Å². The molecule has 2 N–H and O–H groups in total. The molecule has 1 heterocycles. The Morgan fingerprint density at radius 1 is 1.04 bits per heavy atom. The molecule has 0 aromatic heterocycles. The fourth-order valence-electron chi connectivity index (χ4n) is 3.79. The number of anilines is 2. The van der Waals surface area contributed by atoms with Gasteiger partial charge in [0.15, 0.2) is 0 Å². The number of nitrogens with one attached hydrogen (secondary N) is 2. The fraction of sp³-hybridized carbons (Fsp3) is 0.579. The van der Waals surface area contributed by atoms with Crippen LogP contribution in [0.5, 0.6) is 0 Å². The molecule has 24 heavy (non-hydrogen) atoms. The molecule has 3 rings (SSSR count). The minimum absolute atomic E-state index is 0.0286. The van der Waals surface area contributed by atoms with Crippen molar-refractivity contribution < 1.29 is 9.59 Å². The lowest BCUT2D eigenvalue weighted by molar-refractivity contribution is -0.134. The Morgan fingerprint density at radius 3 is 2.38 bits per heavy atom. The average molecular weight is 329 g/mol. The molecule has 2 fully saturated rings. The maximum Gasteiger partial charge on any atom is 0.247 e. The van der Waals surface area contributed by atoms with Crippen molar-refractivity contribution in [3.05, 3.63) is 24.3 Å². The molecule has 1 aromatic carbocycles. The van der Waals surface area contributed by atoms with E-state index in [1.54, 1.807) is 4.90 Å². The summed E-state index contributed by atoms with van der Waals surface area (Å²) in [6.45, 7) is 3.23. The van der Waals surface area contributed by atoms with Gasteiger partial charge in [0.25, 0.3) is 0 Å². The van der Waals surface area contributed by atoms with E-state index in [-0.39, 0.29) is 17.9 Å². The maximum atomic E-state index is 12.4. The molecule has 0 bridgehead atoms. The zero-order chi connectivity index (χ0) is 16.9. The summed E-state index contributed by atoms with van der Waals surface area (Å²) in [5, 5.41) is 6.41. The molecular weight excluding hydrogens is 302 g/mol. The summed E-state index contributed by atoms with van der Waals surface area (Å²) < 4.78 is 0. The molecule has 0 unspecified atom stereocenters. The van der Waals surface area contributed by atoms with Crippen LogP contribution in [0.15, 0.2) is 24.3 Å². The third-order valence-electron chi connectivity index (χ3n) is 5.18. The molecule has 5 heteroatoms. The third kappa shape index (κ3) is 4.08. The van der Waals surface area contributed by atoms with Crippen molar-refractivity contribution in [3.8, 4) is 0 Å². The summed E-state index contributed by atoms with van der Waals surface area (Å²) in [4.78, 5) is 25.6. The monoisotopic (exact) mass is 329 g/mol. The largest absolute Gasteiger partial charge is 0.385 e. The molecule has 1 atom stereocenters. The van der Waals surface area contributed by atoms with Gasteiger partial charge in [-0.1, -0.05) is 12.8 Å². The maximum absolute atomic E-state index is 12.4. The number of carbonyl (C=O) groups is 2. The highest BCUT2D eigenvalue weighted by atomic mass is 16.2. The molecule has 0 radical (unpaired) electrons. The van der Waals surface area contributed by atoms with Crippen molar-refractivity contribution in [3.63, 3.8) is 0 Å². The van der Waals surface area contributed by atoms with Crippen molar-refractivity contribution in [2.24, 2.45) is 5.92 Å². The number of hydrogen-bond donors (Lipinski definition) is 2. The molecule has 1 saturated carbocycles. The zero-order valence-electron chi connectivity index (χ0n) is 14.4. The van der Waals surface area contributed by atoms with Crippen LogP contribution in [0.3, 0.4) is 0 Å².